The molecule has 104 valence electrons. The van der Waals surface area contributed by atoms with E-state index < -0.39 is 0 Å². The Labute approximate surface area is 131 Å². The fraction of sp³-hybridized carbons (Fsp3) is 0.286. The highest BCUT2D eigenvalue weighted by atomic mass is 79.9. The normalized spacial score (nSPS) is 14.2. The van der Waals surface area contributed by atoms with E-state index in [1.807, 2.05) is 12.1 Å². The molecule has 4 nitrogen and oxygen atoms in total. The van der Waals surface area contributed by atoms with Crippen LogP contribution in [0, 0.1) is 0 Å². The van der Waals surface area contributed by atoms with Crippen molar-refractivity contribution in [1.29, 1.82) is 0 Å². The maximum absolute atomic E-state index is 5.79. The number of halogens is 1. The molecule has 1 aliphatic heterocycles. The lowest BCUT2D eigenvalue weighted by Crippen LogP contribution is -2.22. The third-order valence-corrected chi connectivity index (χ3v) is 4.10. The van der Waals surface area contributed by atoms with Gasteiger partial charge in [0.15, 0.2) is 5.11 Å². The maximum Gasteiger partial charge on any atom is 0.193 e. The molecule has 1 aromatic heterocycles. The van der Waals surface area contributed by atoms with E-state index in [1.165, 1.54) is 5.56 Å². The van der Waals surface area contributed by atoms with Crippen molar-refractivity contribution in [3.8, 4) is 11.3 Å². The molecule has 3 rings (SSSR count). The largest absolute Gasteiger partial charge is 0.374 e. The van der Waals surface area contributed by atoms with Crippen LogP contribution in [0.5, 0.6) is 0 Å². The molecule has 1 aromatic carbocycles. The summed E-state index contributed by atoms with van der Waals surface area (Å²) in [5, 5.41) is 8.29. The van der Waals surface area contributed by atoms with Gasteiger partial charge in [0.2, 0.25) is 0 Å². The van der Waals surface area contributed by atoms with Crippen molar-refractivity contribution in [1.82, 2.24) is 9.78 Å². The molecule has 0 spiro atoms. The monoisotopic (exact) mass is 350 g/mol. The minimum Gasteiger partial charge on any atom is -0.374 e. The highest BCUT2D eigenvalue weighted by molar-refractivity contribution is 9.10. The first kappa shape index (κ1) is 13.6. The Hall–Kier alpha value is -1.40. The molecular formula is C14H15BrN4S. The van der Waals surface area contributed by atoms with Crippen molar-refractivity contribution in [2.75, 3.05) is 11.9 Å². The molecule has 0 unspecified atom stereocenters. The predicted octanol–water partition coefficient (Wildman–Crippen LogP) is 3.15. The van der Waals surface area contributed by atoms with E-state index in [4.69, 9.17) is 18.0 Å². The number of benzene rings is 1. The van der Waals surface area contributed by atoms with Gasteiger partial charge in [-0.15, -0.1) is 0 Å². The number of nitrogens with two attached hydrogens (primary N) is 1. The van der Waals surface area contributed by atoms with Crippen molar-refractivity contribution in [2.24, 2.45) is 5.73 Å². The summed E-state index contributed by atoms with van der Waals surface area (Å²) in [5.74, 6) is 0.949. The average Bonchev–Trinajstić information content (AvgIpc) is 2.61. The third-order valence-electron chi connectivity index (χ3n) is 3.44. The number of thiocarbonyl (C=S) groups is 1. The number of hydrogen-bond acceptors (Lipinski definition) is 3. The lowest BCUT2D eigenvalue weighted by Gasteiger charge is -2.06. The summed E-state index contributed by atoms with van der Waals surface area (Å²) >= 11 is 8.62. The summed E-state index contributed by atoms with van der Waals surface area (Å²) < 4.78 is 2.68. The number of nitrogens with zero attached hydrogens (tertiary/aromatic N) is 2. The quantitative estimate of drug-likeness (QED) is 0.775. The molecule has 0 fully saturated rings. The Morgan fingerprint density at radius 3 is 3.00 bits per heavy atom. The SMILES string of the molecule is NC(=S)n1nc(-c2cccc(Br)c2)c2c1NCCCC2. The zero-order valence-corrected chi connectivity index (χ0v) is 13.3. The fourth-order valence-corrected chi connectivity index (χ4v) is 3.06. The van der Waals surface area contributed by atoms with Crippen LogP contribution in [0.4, 0.5) is 5.82 Å². The Morgan fingerprint density at radius 1 is 1.40 bits per heavy atom. The van der Waals surface area contributed by atoms with Crippen LogP contribution < -0.4 is 11.1 Å². The highest BCUT2D eigenvalue weighted by Gasteiger charge is 2.21. The van der Waals surface area contributed by atoms with Crippen LogP contribution in [0.2, 0.25) is 0 Å². The molecule has 6 heteroatoms. The second kappa shape index (κ2) is 5.54. The van der Waals surface area contributed by atoms with Gasteiger partial charge in [-0.05, 0) is 43.6 Å². The molecule has 0 amide bonds. The van der Waals surface area contributed by atoms with Gasteiger partial charge in [-0.2, -0.15) is 9.78 Å². The minimum absolute atomic E-state index is 0.275. The second-order valence-electron chi connectivity index (χ2n) is 4.82. The Bertz CT molecular complexity index is 665. The van der Waals surface area contributed by atoms with Gasteiger partial charge in [0.1, 0.15) is 5.82 Å². The molecule has 0 saturated heterocycles. The zero-order chi connectivity index (χ0) is 14.1. The summed E-state index contributed by atoms with van der Waals surface area (Å²) in [7, 11) is 0. The van der Waals surface area contributed by atoms with Crippen molar-refractivity contribution >= 4 is 39.1 Å². The van der Waals surface area contributed by atoms with Crippen molar-refractivity contribution in [3.05, 3.63) is 34.3 Å². The Balaban J connectivity index is 2.18. The van der Waals surface area contributed by atoms with E-state index in [1.54, 1.807) is 4.68 Å². The summed E-state index contributed by atoms with van der Waals surface area (Å²) in [6.07, 6.45) is 3.28. The van der Waals surface area contributed by atoms with Crippen LogP contribution in [0.15, 0.2) is 28.7 Å². The topological polar surface area (TPSA) is 55.9 Å². The van der Waals surface area contributed by atoms with Crippen molar-refractivity contribution < 1.29 is 0 Å². The van der Waals surface area contributed by atoms with Crippen LogP contribution in [-0.4, -0.2) is 21.4 Å². The van der Waals surface area contributed by atoms with Crippen molar-refractivity contribution in [3.63, 3.8) is 0 Å². The summed E-state index contributed by atoms with van der Waals surface area (Å²) in [5.41, 5.74) is 9.03. The second-order valence-corrected chi connectivity index (χ2v) is 6.15. The number of hydrogen-bond donors (Lipinski definition) is 2. The molecule has 0 saturated carbocycles. The third kappa shape index (κ3) is 2.45. The summed E-state index contributed by atoms with van der Waals surface area (Å²) in [4.78, 5) is 0. The lowest BCUT2D eigenvalue weighted by atomic mass is 10.0. The number of rotatable bonds is 1. The van der Waals surface area contributed by atoms with E-state index in [-0.39, 0.29) is 5.11 Å². The van der Waals surface area contributed by atoms with Gasteiger partial charge in [-0.25, -0.2) is 0 Å². The van der Waals surface area contributed by atoms with Gasteiger partial charge in [-0.3, -0.25) is 0 Å². The fourth-order valence-electron chi connectivity index (χ4n) is 2.53. The number of anilines is 1. The lowest BCUT2D eigenvalue weighted by molar-refractivity contribution is 0.782. The number of nitrogens with one attached hydrogen (secondary N) is 1. The predicted molar refractivity (Wildman–Crippen MR) is 89.0 cm³/mol. The molecule has 0 aliphatic carbocycles. The van der Waals surface area contributed by atoms with Gasteiger partial charge >= 0.3 is 0 Å². The van der Waals surface area contributed by atoms with Crippen LogP contribution in [0.3, 0.4) is 0 Å². The first-order chi connectivity index (χ1) is 9.66. The van der Waals surface area contributed by atoms with Gasteiger partial charge < -0.3 is 11.1 Å². The smallest absolute Gasteiger partial charge is 0.193 e. The zero-order valence-electron chi connectivity index (χ0n) is 10.9. The maximum atomic E-state index is 5.79. The van der Waals surface area contributed by atoms with Gasteiger partial charge in [-0.1, -0.05) is 28.1 Å². The van der Waals surface area contributed by atoms with E-state index in [2.05, 4.69) is 38.5 Å². The summed E-state index contributed by atoms with van der Waals surface area (Å²) in [6.45, 7) is 0.930. The molecule has 2 aromatic rings. The standard InChI is InChI=1S/C14H15BrN4S/c15-10-5-3-4-9(8-10)12-11-6-1-2-7-17-13(11)19(18-12)14(16)20/h3-5,8,17H,1-2,6-7H2,(H2,16,20). The Kier molecular flexibility index (Phi) is 3.76. The number of aromatic nitrogens is 2. The minimum atomic E-state index is 0.275. The van der Waals surface area contributed by atoms with Crippen LogP contribution >= 0.6 is 28.1 Å². The molecular weight excluding hydrogens is 336 g/mol. The van der Waals surface area contributed by atoms with Crippen LogP contribution in [0.1, 0.15) is 18.4 Å². The van der Waals surface area contributed by atoms with Gasteiger partial charge in [0.25, 0.3) is 0 Å². The molecule has 0 radical (unpaired) electrons. The molecule has 0 bridgehead atoms. The van der Waals surface area contributed by atoms with E-state index in [0.29, 0.717) is 0 Å². The van der Waals surface area contributed by atoms with Crippen LogP contribution in [-0.2, 0) is 6.42 Å². The van der Waals surface area contributed by atoms with Gasteiger partial charge in [0, 0.05) is 22.1 Å². The summed E-state index contributed by atoms with van der Waals surface area (Å²) in [6, 6.07) is 8.14. The first-order valence-electron chi connectivity index (χ1n) is 6.58. The highest BCUT2D eigenvalue weighted by Crippen LogP contribution is 2.32. The molecule has 20 heavy (non-hydrogen) atoms. The van der Waals surface area contributed by atoms with E-state index in [0.717, 1.165) is 47.4 Å². The molecule has 3 N–H and O–H groups in total. The average molecular weight is 351 g/mol. The Morgan fingerprint density at radius 2 is 2.25 bits per heavy atom. The molecule has 0 atom stereocenters. The van der Waals surface area contributed by atoms with Gasteiger partial charge in [0.05, 0.1) is 5.69 Å². The van der Waals surface area contributed by atoms with Crippen molar-refractivity contribution in [2.45, 2.75) is 19.3 Å². The molecule has 1 aliphatic rings. The molecule has 2 heterocycles. The van der Waals surface area contributed by atoms with Crippen LogP contribution in [0.25, 0.3) is 11.3 Å². The number of fused-ring (bicyclic) bond motifs is 1. The van der Waals surface area contributed by atoms with E-state index in [9.17, 15) is 0 Å². The first-order valence-corrected chi connectivity index (χ1v) is 7.78. The van der Waals surface area contributed by atoms with E-state index >= 15 is 0 Å².